The maximum atomic E-state index is 12.4. The van der Waals surface area contributed by atoms with E-state index in [1.165, 1.54) is 4.90 Å². The van der Waals surface area contributed by atoms with Crippen LogP contribution in [0.3, 0.4) is 0 Å². The quantitative estimate of drug-likeness (QED) is 0.900. The van der Waals surface area contributed by atoms with Gasteiger partial charge in [-0.3, -0.25) is 4.79 Å². The number of hydrogen-bond donors (Lipinski definition) is 2. The molecule has 2 heterocycles. The third-order valence-corrected chi connectivity index (χ3v) is 4.00. The fraction of sp³-hybridized carbons (Fsp3) is 0.353. The van der Waals surface area contributed by atoms with E-state index in [-0.39, 0.29) is 36.7 Å². The molecule has 0 spiro atoms. The third-order valence-electron chi connectivity index (χ3n) is 4.00. The number of ether oxygens (including phenoxy) is 1. The Morgan fingerprint density at radius 1 is 1.26 bits per heavy atom. The number of hydrogen-bond acceptors (Lipinski definition) is 5. The molecule has 1 saturated heterocycles. The lowest BCUT2D eigenvalue weighted by molar-refractivity contribution is -0.000331. The number of benzene rings is 1. The smallest absolute Gasteiger partial charge is 0.290 e. The molecule has 122 valence electrons. The second-order valence-electron chi connectivity index (χ2n) is 5.58. The Bertz CT molecular complexity index is 654. The Morgan fingerprint density at radius 3 is 2.74 bits per heavy atom. The van der Waals surface area contributed by atoms with Crippen LogP contribution in [0.25, 0.3) is 0 Å². The summed E-state index contributed by atoms with van der Waals surface area (Å²) in [6.07, 6.45) is -0.148. The van der Waals surface area contributed by atoms with Crippen molar-refractivity contribution >= 4 is 5.91 Å². The molecule has 1 aliphatic rings. The van der Waals surface area contributed by atoms with Gasteiger partial charge in [-0.15, -0.1) is 0 Å². The van der Waals surface area contributed by atoms with E-state index in [0.29, 0.717) is 18.7 Å². The number of aliphatic hydroxyl groups is 2. The fourth-order valence-electron chi connectivity index (χ4n) is 2.63. The average molecular weight is 317 g/mol. The second-order valence-corrected chi connectivity index (χ2v) is 5.58. The van der Waals surface area contributed by atoms with Gasteiger partial charge in [0, 0.05) is 31.7 Å². The summed E-state index contributed by atoms with van der Waals surface area (Å²) >= 11 is 0. The highest BCUT2D eigenvalue weighted by Gasteiger charge is 2.31. The van der Waals surface area contributed by atoms with Crippen LogP contribution in [0.5, 0.6) is 11.7 Å². The van der Waals surface area contributed by atoms with Crippen molar-refractivity contribution in [3.05, 3.63) is 48.2 Å². The van der Waals surface area contributed by atoms with Crippen LogP contribution in [0.1, 0.15) is 17.0 Å². The minimum Gasteiger partial charge on any atom is -0.426 e. The van der Waals surface area contributed by atoms with E-state index < -0.39 is 6.10 Å². The van der Waals surface area contributed by atoms with Gasteiger partial charge in [-0.1, -0.05) is 18.2 Å². The number of likely N-dealkylation sites (tertiary alicyclic amines) is 1. The summed E-state index contributed by atoms with van der Waals surface area (Å²) in [6, 6.07) is 12.3. The number of aliphatic hydroxyl groups excluding tert-OH is 2. The van der Waals surface area contributed by atoms with Crippen LogP contribution in [-0.4, -0.2) is 46.8 Å². The first-order chi connectivity index (χ1) is 11.2. The Balaban J connectivity index is 1.65. The van der Waals surface area contributed by atoms with Crippen molar-refractivity contribution in [1.29, 1.82) is 0 Å². The maximum Gasteiger partial charge on any atom is 0.290 e. The van der Waals surface area contributed by atoms with Gasteiger partial charge < -0.3 is 24.3 Å². The molecule has 0 bridgehead atoms. The molecule has 2 N–H and O–H groups in total. The predicted octanol–water partition coefficient (Wildman–Crippen LogP) is 1.89. The molecule has 2 atom stereocenters. The number of rotatable bonds is 4. The topological polar surface area (TPSA) is 83.1 Å². The van der Waals surface area contributed by atoms with Crippen molar-refractivity contribution in [2.75, 3.05) is 19.7 Å². The van der Waals surface area contributed by atoms with Gasteiger partial charge in [-0.05, 0) is 24.6 Å². The van der Waals surface area contributed by atoms with Gasteiger partial charge in [0.25, 0.3) is 11.9 Å². The van der Waals surface area contributed by atoms with Crippen molar-refractivity contribution in [2.24, 2.45) is 5.92 Å². The number of amides is 1. The summed E-state index contributed by atoms with van der Waals surface area (Å²) in [5, 5.41) is 19.1. The zero-order valence-corrected chi connectivity index (χ0v) is 12.6. The number of para-hydroxylation sites is 1. The minimum absolute atomic E-state index is 0.0704. The molecule has 1 aromatic carbocycles. The van der Waals surface area contributed by atoms with E-state index in [1.54, 1.807) is 24.3 Å². The Morgan fingerprint density at radius 2 is 2.04 bits per heavy atom. The molecular formula is C17H19NO5. The minimum atomic E-state index is -0.715. The van der Waals surface area contributed by atoms with Gasteiger partial charge >= 0.3 is 0 Å². The van der Waals surface area contributed by atoms with Gasteiger partial charge in [0.15, 0.2) is 5.76 Å². The maximum absolute atomic E-state index is 12.4. The molecular weight excluding hydrogens is 298 g/mol. The highest BCUT2D eigenvalue weighted by Crippen LogP contribution is 2.25. The second kappa shape index (κ2) is 6.85. The highest BCUT2D eigenvalue weighted by molar-refractivity contribution is 5.91. The molecule has 0 unspecified atom stereocenters. The molecule has 2 aromatic rings. The van der Waals surface area contributed by atoms with Crippen molar-refractivity contribution in [3.8, 4) is 11.7 Å². The molecule has 23 heavy (non-hydrogen) atoms. The molecule has 3 rings (SSSR count). The number of piperidine rings is 1. The first-order valence-electron chi connectivity index (χ1n) is 7.58. The summed E-state index contributed by atoms with van der Waals surface area (Å²) in [7, 11) is 0. The van der Waals surface area contributed by atoms with Crippen molar-refractivity contribution in [3.63, 3.8) is 0 Å². The van der Waals surface area contributed by atoms with Gasteiger partial charge in [-0.2, -0.15) is 0 Å². The van der Waals surface area contributed by atoms with E-state index in [0.717, 1.165) is 0 Å². The lowest BCUT2D eigenvalue weighted by atomic mass is 9.94. The summed E-state index contributed by atoms with van der Waals surface area (Å²) in [6.45, 7) is 0.606. The number of β-amino-alcohol motifs (C(OH)–C–C–N with tert-alkyl or cyclic N) is 1. The van der Waals surface area contributed by atoms with E-state index in [9.17, 15) is 9.90 Å². The molecule has 6 heteroatoms. The normalized spacial score (nSPS) is 21.2. The van der Waals surface area contributed by atoms with Crippen LogP contribution in [-0.2, 0) is 0 Å². The molecule has 1 amide bonds. The predicted molar refractivity (Wildman–Crippen MR) is 82.3 cm³/mol. The summed E-state index contributed by atoms with van der Waals surface area (Å²) < 4.78 is 11.0. The van der Waals surface area contributed by atoms with Crippen LogP contribution in [0, 0.1) is 5.92 Å². The van der Waals surface area contributed by atoms with Crippen LogP contribution in [0.2, 0.25) is 0 Å². The van der Waals surface area contributed by atoms with E-state index in [4.69, 9.17) is 14.3 Å². The zero-order chi connectivity index (χ0) is 16.2. The Kier molecular flexibility index (Phi) is 4.64. The standard InChI is InChI=1S/C17H19NO5/c19-11-12-8-9-18(10-14(12)20)17(21)15-6-7-16(23-15)22-13-4-2-1-3-5-13/h1-7,12,14,19-20H,8-11H2/t12-,14-/m0/s1. The van der Waals surface area contributed by atoms with Gasteiger partial charge in [0.1, 0.15) is 5.75 Å². The molecule has 0 aliphatic carbocycles. The lowest BCUT2D eigenvalue weighted by Gasteiger charge is -2.34. The first kappa shape index (κ1) is 15.6. The van der Waals surface area contributed by atoms with Crippen molar-refractivity contribution in [2.45, 2.75) is 12.5 Å². The SMILES string of the molecule is O=C(c1ccc(Oc2ccccc2)o1)N1CC[C@@H](CO)[C@@H](O)C1. The van der Waals surface area contributed by atoms with E-state index in [2.05, 4.69) is 0 Å². The van der Waals surface area contributed by atoms with E-state index >= 15 is 0 Å². The summed E-state index contributed by atoms with van der Waals surface area (Å²) in [5.74, 6) is 0.576. The number of nitrogens with zero attached hydrogens (tertiary/aromatic N) is 1. The monoisotopic (exact) mass is 317 g/mol. The van der Waals surface area contributed by atoms with Gasteiger partial charge in [0.05, 0.1) is 6.10 Å². The van der Waals surface area contributed by atoms with Crippen LogP contribution >= 0.6 is 0 Å². The Labute approximate surface area is 133 Å². The summed E-state index contributed by atoms with van der Waals surface area (Å²) in [5.41, 5.74) is 0. The van der Waals surface area contributed by atoms with E-state index in [1.807, 2.05) is 18.2 Å². The van der Waals surface area contributed by atoms with Crippen molar-refractivity contribution < 1.29 is 24.2 Å². The molecule has 1 fully saturated rings. The highest BCUT2D eigenvalue weighted by atomic mass is 16.6. The first-order valence-corrected chi connectivity index (χ1v) is 7.58. The molecule has 0 radical (unpaired) electrons. The fourth-order valence-corrected chi connectivity index (χ4v) is 2.63. The van der Waals surface area contributed by atoms with Crippen molar-refractivity contribution in [1.82, 2.24) is 4.90 Å². The lowest BCUT2D eigenvalue weighted by Crippen LogP contribution is -2.47. The summed E-state index contributed by atoms with van der Waals surface area (Å²) in [4.78, 5) is 13.9. The van der Waals surface area contributed by atoms with Crippen LogP contribution < -0.4 is 4.74 Å². The van der Waals surface area contributed by atoms with Gasteiger partial charge in [0.2, 0.25) is 0 Å². The van der Waals surface area contributed by atoms with Gasteiger partial charge in [-0.25, -0.2) is 0 Å². The molecule has 1 aliphatic heterocycles. The number of furan rings is 1. The molecule has 0 saturated carbocycles. The number of carbonyl (C=O) groups is 1. The molecule has 6 nitrogen and oxygen atoms in total. The Hall–Kier alpha value is -2.31. The average Bonchev–Trinajstić information content (AvgIpc) is 3.03. The largest absolute Gasteiger partial charge is 0.426 e. The third kappa shape index (κ3) is 3.55. The van der Waals surface area contributed by atoms with Crippen LogP contribution in [0.4, 0.5) is 0 Å². The van der Waals surface area contributed by atoms with Crippen LogP contribution in [0.15, 0.2) is 46.9 Å². The number of carbonyl (C=O) groups excluding carboxylic acids is 1. The molecule has 1 aromatic heterocycles. The zero-order valence-electron chi connectivity index (χ0n) is 12.6.